The topological polar surface area (TPSA) is 55.1 Å². The van der Waals surface area contributed by atoms with E-state index in [1.807, 2.05) is 0 Å². The van der Waals surface area contributed by atoms with E-state index in [1.165, 1.54) is 6.92 Å². The number of carbonyl (C=O) groups is 1. The molecule has 3 rings (SSSR count). The molecule has 0 fully saturated rings. The largest absolute Gasteiger partial charge is 0.416 e. The van der Waals surface area contributed by atoms with Crippen molar-refractivity contribution in [3.05, 3.63) is 69.4 Å². The Hall–Kier alpha value is -2.51. The molecule has 0 bridgehead atoms. The van der Waals surface area contributed by atoms with E-state index < -0.39 is 17.6 Å². The van der Waals surface area contributed by atoms with Gasteiger partial charge in [-0.1, -0.05) is 46.6 Å². The highest BCUT2D eigenvalue weighted by Crippen LogP contribution is 2.35. The molecule has 1 aromatic heterocycles. The maximum atomic E-state index is 12.9. The number of aromatic nitrogens is 1. The van der Waals surface area contributed by atoms with Crippen molar-refractivity contribution in [3.63, 3.8) is 0 Å². The molecular weight excluding hydrogens is 404 g/mol. The van der Waals surface area contributed by atoms with Crippen molar-refractivity contribution >= 4 is 34.8 Å². The van der Waals surface area contributed by atoms with Crippen molar-refractivity contribution in [1.29, 1.82) is 0 Å². The standard InChI is InChI=1S/C18H11Cl2F3N2O2/c1-9-15(16(25-27-9)11-4-2-3-5-12(11)19)17(26)24-14-8-10(18(21,22)23)6-7-13(14)20/h2-8H,1H3,(H,24,26). The van der Waals surface area contributed by atoms with E-state index in [0.29, 0.717) is 10.6 Å². The lowest BCUT2D eigenvalue weighted by molar-refractivity contribution is -0.137. The fraction of sp³-hybridized carbons (Fsp3) is 0.111. The molecule has 0 atom stereocenters. The maximum absolute atomic E-state index is 12.9. The Labute approximate surface area is 161 Å². The van der Waals surface area contributed by atoms with E-state index >= 15 is 0 Å². The average Bonchev–Trinajstić information content (AvgIpc) is 2.97. The van der Waals surface area contributed by atoms with Crippen molar-refractivity contribution in [2.75, 3.05) is 5.32 Å². The van der Waals surface area contributed by atoms with Gasteiger partial charge in [-0.25, -0.2) is 0 Å². The summed E-state index contributed by atoms with van der Waals surface area (Å²) in [4.78, 5) is 12.7. The number of rotatable bonds is 3. The number of aryl methyl sites for hydroxylation is 1. The number of benzene rings is 2. The summed E-state index contributed by atoms with van der Waals surface area (Å²) in [5.41, 5.74) is -0.427. The Morgan fingerprint density at radius 2 is 1.81 bits per heavy atom. The lowest BCUT2D eigenvalue weighted by atomic mass is 10.1. The van der Waals surface area contributed by atoms with Crippen LogP contribution in [-0.4, -0.2) is 11.1 Å². The predicted octanol–water partition coefficient (Wildman–Crippen LogP) is 6.23. The maximum Gasteiger partial charge on any atom is 0.416 e. The van der Waals surface area contributed by atoms with Crippen molar-refractivity contribution < 1.29 is 22.5 Å². The normalized spacial score (nSPS) is 11.5. The molecule has 1 N–H and O–H groups in total. The minimum absolute atomic E-state index is 0.0373. The SMILES string of the molecule is Cc1onc(-c2ccccc2Cl)c1C(=O)Nc1cc(C(F)(F)F)ccc1Cl. The van der Waals surface area contributed by atoms with E-state index in [1.54, 1.807) is 24.3 Å². The van der Waals surface area contributed by atoms with Gasteiger partial charge in [0.15, 0.2) is 0 Å². The molecule has 0 aliphatic carbocycles. The first-order valence-corrected chi connectivity index (χ1v) is 8.33. The molecule has 3 aromatic rings. The van der Waals surface area contributed by atoms with Gasteiger partial charge in [0.25, 0.3) is 5.91 Å². The third kappa shape index (κ3) is 3.94. The minimum atomic E-state index is -4.57. The van der Waals surface area contributed by atoms with Gasteiger partial charge in [-0.2, -0.15) is 13.2 Å². The molecule has 0 spiro atoms. The van der Waals surface area contributed by atoms with E-state index in [9.17, 15) is 18.0 Å². The third-order valence-corrected chi connectivity index (χ3v) is 4.42. The van der Waals surface area contributed by atoms with Gasteiger partial charge in [0.2, 0.25) is 0 Å². The van der Waals surface area contributed by atoms with Gasteiger partial charge in [-0.05, 0) is 31.2 Å². The number of amides is 1. The van der Waals surface area contributed by atoms with Gasteiger partial charge in [-0.3, -0.25) is 4.79 Å². The van der Waals surface area contributed by atoms with Crippen molar-refractivity contribution in [2.45, 2.75) is 13.1 Å². The summed E-state index contributed by atoms with van der Waals surface area (Å²) in [6, 6.07) is 9.34. The van der Waals surface area contributed by atoms with Crippen LogP contribution in [0.5, 0.6) is 0 Å². The number of hydrogen-bond donors (Lipinski definition) is 1. The summed E-state index contributed by atoms with van der Waals surface area (Å²) in [5, 5.41) is 6.54. The number of hydrogen-bond acceptors (Lipinski definition) is 3. The van der Waals surface area contributed by atoms with Crippen LogP contribution in [0.4, 0.5) is 18.9 Å². The smallest absolute Gasteiger partial charge is 0.360 e. The second kappa shape index (κ2) is 7.25. The number of nitrogens with zero attached hydrogens (tertiary/aromatic N) is 1. The molecule has 2 aromatic carbocycles. The van der Waals surface area contributed by atoms with E-state index in [2.05, 4.69) is 10.5 Å². The summed E-state index contributed by atoms with van der Waals surface area (Å²) in [5.74, 6) is -0.532. The van der Waals surface area contributed by atoms with E-state index in [0.717, 1.165) is 18.2 Å². The van der Waals surface area contributed by atoms with Gasteiger partial charge in [0, 0.05) is 5.56 Å². The quantitative estimate of drug-likeness (QED) is 0.552. The summed E-state index contributed by atoms with van der Waals surface area (Å²) in [6.45, 7) is 1.51. The zero-order chi connectivity index (χ0) is 19.8. The lowest BCUT2D eigenvalue weighted by Crippen LogP contribution is -2.15. The molecular formula is C18H11Cl2F3N2O2. The average molecular weight is 415 g/mol. The fourth-order valence-corrected chi connectivity index (χ4v) is 2.85. The number of anilines is 1. The van der Waals surface area contributed by atoms with Crippen LogP contribution >= 0.6 is 23.2 Å². The van der Waals surface area contributed by atoms with Crippen LogP contribution in [-0.2, 0) is 6.18 Å². The first-order chi connectivity index (χ1) is 12.7. The van der Waals surface area contributed by atoms with Gasteiger partial charge in [0.05, 0.1) is 21.3 Å². The van der Waals surface area contributed by atoms with Gasteiger partial charge >= 0.3 is 6.18 Å². The monoisotopic (exact) mass is 414 g/mol. The first kappa shape index (κ1) is 19.3. The summed E-state index contributed by atoms with van der Waals surface area (Å²) in [6.07, 6.45) is -4.57. The molecule has 0 aliphatic heterocycles. The second-order valence-corrected chi connectivity index (χ2v) is 6.40. The van der Waals surface area contributed by atoms with Gasteiger partial charge in [0.1, 0.15) is 17.0 Å². The van der Waals surface area contributed by atoms with E-state index in [4.69, 9.17) is 27.7 Å². The van der Waals surface area contributed by atoms with Crippen molar-refractivity contribution in [2.24, 2.45) is 0 Å². The molecule has 1 amide bonds. The van der Waals surface area contributed by atoms with E-state index in [-0.39, 0.29) is 27.7 Å². The van der Waals surface area contributed by atoms with Gasteiger partial charge < -0.3 is 9.84 Å². The first-order valence-electron chi connectivity index (χ1n) is 7.57. The van der Waals surface area contributed by atoms with Crippen molar-refractivity contribution in [3.8, 4) is 11.3 Å². The second-order valence-electron chi connectivity index (χ2n) is 5.59. The molecule has 4 nitrogen and oxygen atoms in total. The number of alkyl halides is 3. The van der Waals surface area contributed by atoms with Crippen LogP contribution in [0.2, 0.25) is 10.0 Å². The molecule has 140 valence electrons. The molecule has 1 heterocycles. The number of halogens is 5. The predicted molar refractivity (Wildman–Crippen MR) is 96.1 cm³/mol. The molecule has 27 heavy (non-hydrogen) atoms. The Morgan fingerprint density at radius 3 is 2.48 bits per heavy atom. The van der Waals surface area contributed by atoms with Crippen LogP contribution in [0.25, 0.3) is 11.3 Å². The van der Waals surface area contributed by atoms with Crippen LogP contribution < -0.4 is 5.32 Å². The highest BCUT2D eigenvalue weighted by molar-refractivity contribution is 6.34. The molecule has 0 radical (unpaired) electrons. The van der Waals surface area contributed by atoms with Gasteiger partial charge in [-0.15, -0.1) is 0 Å². The molecule has 0 aliphatic rings. The summed E-state index contributed by atoms with van der Waals surface area (Å²) in [7, 11) is 0. The fourth-order valence-electron chi connectivity index (χ4n) is 2.46. The van der Waals surface area contributed by atoms with Crippen LogP contribution in [0.15, 0.2) is 47.0 Å². The van der Waals surface area contributed by atoms with Crippen LogP contribution in [0.1, 0.15) is 21.7 Å². The third-order valence-electron chi connectivity index (χ3n) is 3.76. The van der Waals surface area contributed by atoms with Crippen molar-refractivity contribution in [1.82, 2.24) is 5.16 Å². The highest BCUT2D eigenvalue weighted by Gasteiger charge is 2.31. The highest BCUT2D eigenvalue weighted by atomic mass is 35.5. The zero-order valence-corrected chi connectivity index (χ0v) is 15.2. The molecule has 0 unspecified atom stereocenters. The van der Waals surface area contributed by atoms with Crippen LogP contribution in [0, 0.1) is 6.92 Å². The summed E-state index contributed by atoms with van der Waals surface area (Å²) >= 11 is 12.1. The number of carbonyl (C=O) groups excluding carboxylic acids is 1. The lowest BCUT2D eigenvalue weighted by Gasteiger charge is -2.12. The van der Waals surface area contributed by atoms with Crippen LogP contribution in [0.3, 0.4) is 0 Å². The molecule has 9 heteroatoms. The minimum Gasteiger partial charge on any atom is -0.360 e. The molecule has 0 saturated carbocycles. The Kier molecular flexibility index (Phi) is 5.17. The summed E-state index contributed by atoms with van der Waals surface area (Å²) < 4.78 is 43.8. The Bertz CT molecular complexity index is 1020. The Balaban J connectivity index is 2.00. The zero-order valence-electron chi connectivity index (χ0n) is 13.7. The molecule has 0 saturated heterocycles. The number of nitrogens with one attached hydrogen (secondary N) is 1. The Morgan fingerprint density at radius 1 is 1.11 bits per heavy atom.